The first-order chi connectivity index (χ1) is 13.7. The zero-order valence-electron chi connectivity index (χ0n) is 14.7. The highest BCUT2D eigenvalue weighted by atomic mass is 32.1. The monoisotopic (exact) mass is 405 g/mol. The Morgan fingerprint density at radius 1 is 1.11 bits per heavy atom. The number of benzene rings is 1. The van der Waals surface area contributed by atoms with Gasteiger partial charge >= 0.3 is 0 Å². The minimum atomic E-state index is -0.166. The van der Waals surface area contributed by atoms with Crippen LogP contribution in [0.4, 0.5) is 5.69 Å². The van der Waals surface area contributed by atoms with Crippen LogP contribution >= 0.6 is 22.7 Å². The summed E-state index contributed by atoms with van der Waals surface area (Å²) in [6, 6.07) is 13.1. The minimum absolute atomic E-state index is 0.120. The molecule has 0 aliphatic rings. The number of hydrogen-bond donors (Lipinski definition) is 1. The van der Waals surface area contributed by atoms with Crippen molar-refractivity contribution >= 4 is 44.5 Å². The number of aryl methyl sites for hydroxylation is 1. The first kappa shape index (κ1) is 18.2. The summed E-state index contributed by atoms with van der Waals surface area (Å²) in [5.74, 6) is 6.03. The molecule has 0 unspecified atom stereocenters. The molecular formula is C21H15N3O2S2. The van der Waals surface area contributed by atoms with E-state index in [2.05, 4.69) is 22.1 Å². The number of carbonyl (C=O) groups is 1. The maximum absolute atomic E-state index is 12.4. The molecule has 3 aromatic heterocycles. The number of nitrogens with zero attached hydrogens (tertiary/aromatic N) is 2. The Hall–Kier alpha value is -3.21. The smallest absolute Gasteiger partial charge is 0.262 e. The molecule has 0 atom stereocenters. The van der Waals surface area contributed by atoms with Crippen molar-refractivity contribution in [2.45, 2.75) is 13.0 Å². The van der Waals surface area contributed by atoms with Gasteiger partial charge in [0.2, 0.25) is 5.91 Å². The van der Waals surface area contributed by atoms with Crippen molar-refractivity contribution in [2.24, 2.45) is 0 Å². The number of anilines is 1. The van der Waals surface area contributed by atoms with Crippen molar-refractivity contribution in [1.82, 2.24) is 9.55 Å². The molecule has 0 bridgehead atoms. The molecule has 4 rings (SSSR count). The molecule has 0 saturated carbocycles. The highest BCUT2D eigenvalue weighted by Gasteiger charge is 2.08. The molecule has 0 radical (unpaired) electrons. The molecule has 4 aromatic rings. The van der Waals surface area contributed by atoms with E-state index in [1.807, 2.05) is 47.2 Å². The molecule has 0 spiro atoms. The number of hydrogen-bond acceptors (Lipinski definition) is 5. The zero-order valence-corrected chi connectivity index (χ0v) is 16.3. The number of rotatable bonds is 4. The second-order valence-electron chi connectivity index (χ2n) is 5.99. The predicted octanol–water partition coefficient (Wildman–Crippen LogP) is 3.95. The molecule has 1 aromatic carbocycles. The normalized spacial score (nSPS) is 10.4. The van der Waals surface area contributed by atoms with E-state index in [1.54, 1.807) is 17.4 Å². The average molecular weight is 406 g/mol. The van der Waals surface area contributed by atoms with E-state index < -0.39 is 0 Å². The van der Waals surface area contributed by atoms with E-state index in [1.165, 1.54) is 22.2 Å². The van der Waals surface area contributed by atoms with Gasteiger partial charge in [0.05, 0.1) is 16.6 Å². The Bertz CT molecular complexity index is 1240. The highest BCUT2D eigenvalue weighted by Crippen LogP contribution is 2.14. The fourth-order valence-electron chi connectivity index (χ4n) is 2.66. The lowest BCUT2D eigenvalue weighted by Crippen LogP contribution is -2.23. The quantitative estimate of drug-likeness (QED) is 0.523. The molecule has 5 nitrogen and oxygen atoms in total. The predicted molar refractivity (Wildman–Crippen MR) is 114 cm³/mol. The SMILES string of the molecule is O=C(CCn1cnc2sccc2c1=O)Nc1cccc(C#Cc2cccs2)c1. The largest absolute Gasteiger partial charge is 0.326 e. The van der Waals surface area contributed by atoms with Crippen molar-refractivity contribution in [1.29, 1.82) is 0 Å². The topological polar surface area (TPSA) is 64.0 Å². The lowest BCUT2D eigenvalue weighted by atomic mass is 10.2. The van der Waals surface area contributed by atoms with Crippen LogP contribution in [0.15, 0.2) is 64.3 Å². The van der Waals surface area contributed by atoms with Crippen molar-refractivity contribution in [3.05, 3.63) is 80.3 Å². The van der Waals surface area contributed by atoms with Crippen LogP contribution in [0.1, 0.15) is 16.9 Å². The van der Waals surface area contributed by atoms with Gasteiger partial charge < -0.3 is 5.32 Å². The molecule has 1 amide bonds. The molecule has 0 fully saturated rings. The molecular weight excluding hydrogens is 390 g/mol. The maximum Gasteiger partial charge on any atom is 0.262 e. The Balaban J connectivity index is 1.40. The first-order valence-corrected chi connectivity index (χ1v) is 10.3. The van der Waals surface area contributed by atoms with E-state index in [-0.39, 0.29) is 24.4 Å². The van der Waals surface area contributed by atoms with Gasteiger partial charge in [-0.3, -0.25) is 14.2 Å². The van der Waals surface area contributed by atoms with Crippen LogP contribution in [0.5, 0.6) is 0 Å². The third-order valence-electron chi connectivity index (χ3n) is 4.03. The van der Waals surface area contributed by atoms with Crippen LogP contribution in [0.25, 0.3) is 10.2 Å². The van der Waals surface area contributed by atoms with E-state index in [4.69, 9.17) is 0 Å². The Kier molecular flexibility index (Phi) is 5.33. The highest BCUT2D eigenvalue weighted by molar-refractivity contribution is 7.16. The van der Waals surface area contributed by atoms with Crippen LogP contribution in [0, 0.1) is 11.8 Å². The van der Waals surface area contributed by atoms with Crippen LogP contribution in [0.2, 0.25) is 0 Å². The second kappa shape index (κ2) is 8.21. The van der Waals surface area contributed by atoms with E-state index >= 15 is 0 Å². The van der Waals surface area contributed by atoms with Crippen LogP contribution in [-0.2, 0) is 11.3 Å². The number of aromatic nitrogens is 2. The fraction of sp³-hybridized carbons (Fsp3) is 0.0952. The van der Waals surface area contributed by atoms with Crippen molar-refractivity contribution in [3.8, 4) is 11.8 Å². The van der Waals surface area contributed by atoms with Gasteiger partial charge in [-0.25, -0.2) is 4.98 Å². The van der Waals surface area contributed by atoms with Crippen molar-refractivity contribution in [3.63, 3.8) is 0 Å². The van der Waals surface area contributed by atoms with Crippen LogP contribution in [-0.4, -0.2) is 15.5 Å². The Labute approximate surface area is 169 Å². The molecule has 0 aliphatic heterocycles. The number of nitrogens with one attached hydrogen (secondary N) is 1. The number of fused-ring (bicyclic) bond motifs is 1. The van der Waals surface area contributed by atoms with Gasteiger partial charge in [0.15, 0.2) is 0 Å². The molecule has 0 saturated heterocycles. The third kappa shape index (κ3) is 4.19. The van der Waals surface area contributed by atoms with Gasteiger partial charge in [0.1, 0.15) is 4.83 Å². The first-order valence-electron chi connectivity index (χ1n) is 8.57. The molecule has 3 heterocycles. The molecule has 0 aliphatic carbocycles. The van der Waals surface area contributed by atoms with Gasteiger partial charge in [-0.15, -0.1) is 22.7 Å². The minimum Gasteiger partial charge on any atom is -0.326 e. The Morgan fingerprint density at radius 2 is 2.04 bits per heavy atom. The average Bonchev–Trinajstić information content (AvgIpc) is 3.38. The summed E-state index contributed by atoms with van der Waals surface area (Å²) in [6.07, 6.45) is 1.68. The number of thiophene rings is 2. The summed E-state index contributed by atoms with van der Waals surface area (Å²) < 4.78 is 1.47. The third-order valence-corrected chi connectivity index (χ3v) is 5.63. The standard InChI is InChI=1S/C21H15N3O2S2/c25-19(8-10-24-14-22-20-18(21(24)26)9-12-28-20)23-16-4-1-3-15(13-16)6-7-17-5-2-11-27-17/h1-5,9,11-14H,8,10H2,(H,23,25). The van der Waals surface area contributed by atoms with E-state index in [9.17, 15) is 9.59 Å². The van der Waals surface area contributed by atoms with Crippen molar-refractivity contribution < 1.29 is 4.79 Å². The summed E-state index contributed by atoms with van der Waals surface area (Å²) >= 11 is 3.01. The van der Waals surface area contributed by atoms with Gasteiger partial charge in [0, 0.05) is 24.2 Å². The maximum atomic E-state index is 12.4. The Morgan fingerprint density at radius 3 is 2.89 bits per heavy atom. The summed E-state index contributed by atoms with van der Waals surface area (Å²) in [5.41, 5.74) is 1.39. The summed E-state index contributed by atoms with van der Waals surface area (Å²) in [6.45, 7) is 0.279. The van der Waals surface area contributed by atoms with Gasteiger partial charge in [-0.1, -0.05) is 24.0 Å². The molecule has 1 N–H and O–H groups in total. The fourth-order valence-corrected chi connectivity index (χ4v) is 3.95. The van der Waals surface area contributed by atoms with Gasteiger partial charge in [-0.05, 0) is 41.1 Å². The molecule has 7 heteroatoms. The number of amides is 1. The zero-order chi connectivity index (χ0) is 19.3. The summed E-state index contributed by atoms with van der Waals surface area (Å²) in [7, 11) is 0. The number of carbonyl (C=O) groups excluding carboxylic acids is 1. The lowest BCUT2D eigenvalue weighted by Gasteiger charge is -2.07. The van der Waals surface area contributed by atoms with Gasteiger partial charge in [0.25, 0.3) is 5.56 Å². The summed E-state index contributed by atoms with van der Waals surface area (Å²) in [4.78, 5) is 30.6. The van der Waals surface area contributed by atoms with E-state index in [0.717, 1.165) is 10.4 Å². The lowest BCUT2D eigenvalue weighted by molar-refractivity contribution is -0.116. The van der Waals surface area contributed by atoms with Crippen LogP contribution in [0.3, 0.4) is 0 Å². The summed E-state index contributed by atoms with van der Waals surface area (Å²) in [5, 5.41) is 7.27. The van der Waals surface area contributed by atoms with Crippen molar-refractivity contribution in [2.75, 3.05) is 5.32 Å². The van der Waals surface area contributed by atoms with E-state index in [0.29, 0.717) is 15.9 Å². The van der Waals surface area contributed by atoms with Crippen LogP contribution < -0.4 is 10.9 Å². The second-order valence-corrected chi connectivity index (χ2v) is 7.83. The molecule has 138 valence electrons. The molecule has 28 heavy (non-hydrogen) atoms. The van der Waals surface area contributed by atoms with Gasteiger partial charge in [-0.2, -0.15) is 0 Å².